The van der Waals surface area contributed by atoms with Gasteiger partial charge in [-0.3, -0.25) is 9.59 Å². The third-order valence-corrected chi connectivity index (χ3v) is 3.75. The van der Waals surface area contributed by atoms with Gasteiger partial charge in [0.2, 0.25) is 0 Å². The van der Waals surface area contributed by atoms with Gasteiger partial charge in [0, 0.05) is 23.2 Å². The van der Waals surface area contributed by atoms with E-state index in [0.29, 0.717) is 11.3 Å². The average molecular weight is 307 g/mol. The van der Waals surface area contributed by atoms with Crippen molar-refractivity contribution in [1.29, 1.82) is 0 Å². The second-order valence-electron chi connectivity index (χ2n) is 5.51. The normalized spacial score (nSPS) is 10.7. The summed E-state index contributed by atoms with van der Waals surface area (Å²) >= 11 is 0. The number of H-pyrrole nitrogens is 1. The number of nitrogens with zero attached hydrogens (tertiary/aromatic N) is 1. The Morgan fingerprint density at radius 2 is 1.96 bits per heavy atom. The van der Waals surface area contributed by atoms with E-state index in [1.807, 2.05) is 50.2 Å². The number of aromatic amines is 1. The lowest BCUT2D eigenvalue weighted by Gasteiger charge is -2.08. The van der Waals surface area contributed by atoms with Crippen molar-refractivity contribution in [3.8, 4) is 0 Å². The molecule has 0 saturated carbocycles. The third kappa shape index (κ3) is 3.13. The molecule has 0 aliphatic heterocycles. The summed E-state index contributed by atoms with van der Waals surface area (Å²) in [4.78, 5) is 31.3. The Morgan fingerprint density at radius 3 is 2.74 bits per heavy atom. The zero-order chi connectivity index (χ0) is 16.4. The monoisotopic (exact) mass is 307 g/mol. The van der Waals surface area contributed by atoms with Crippen LogP contribution in [0.4, 0.5) is 0 Å². The number of amides is 1. The number of hydrogen-bond donors (Lipinski definition) is 2. The highest BCUT2D eigenvalue weighted by Gasteiger charge is 2.10. The molecule has 1 aromatic carbocycles. The number of aromatic nitrogens is 2. The molecule has 2 heterocycles. The molecule has 2 aromatic heterocycles. The Kier molecular flexibility index (Phi) is 3.93. The maximum atomic E-state index is 12.3. The molecule has 0 spiro atoms. The largest absolute Gasteiger partial charge is 0.346 e. The van der Waals surface area contributed by atoms with E-state index < -0.39 is 0 Å². The predicted octanol–water partition coefficient (Wildman–Crippen LogP) is 2.47. The van der Waals surface area contributed by atoms with E-state index in [2.05, 4.69) is 15.3 Å². The number of benzene rings is 1. The van der Waals surface area contributed by atoms with E-state index in [0.717, 1.165) is 22.2 Å². The molecule has 2 N–H and O–H groups in total. The van der Waals surface area contributed by atoms with Gasteiger partial charge in [0.05, 0.1) is 5.52 Å². The van der Waals surface area contributed by atoms with Gasteiger partial charge < -0.3 is 10.3 Å². The Balaban J connectivity index is 1.80. The van der Waals surface area contributed by atoms with E-state index in [1.165, 1.54) is 0 Å². The lowest BCUT2D eigenvalue weighted by molar-refractivity contribution is 0.0946. The molecule has 1 amide bonds. The molecular formula is C18H17N3O2. The van der Waals surface area contributed by atoms with E-state index in [4.69, 9.17) is 0 Å². The van der Waals surface area contributed by atoms with Crippen LogP contribution in [0, 0.1) is 13.8 Å². The summed E-state index contributed by atoms with van der Waals surface area (Å²) in [6.07, 6.45) is 0. The smallest absolute Gasteiger partial charge is 0.270 e. The minimum Gasteiger partial charge on any atom is -0.346 e. The first-order valence-corrected chi connectivity index (χ1v) is 7.38. The van der Waals surface area contributed by atoms with Crippen LogP contribution in [0.5, 0.6) is 0 Å². The number of fused-ring (bicyclic) bond motifs is 1. The second kappa shape index (κ2) is 6.04. The Bertz CT molecular complexity index is 944. The number of pyridine rings is 2. The van der Waals surface area contributed by atoms with Gasteiger partial charge in [-0.25, -0.2) is 4.98 Å². The number of rotatable bonds is 3. The first-order valence-electron chi connectivity index (χ1n) is 7.38. The molecule has 0 saturated heterocycles. The Hall–Kier alpha value is -2.95. The van der Waals surface area contributed by atoms with Crippen molar-refractivity contribution in [3.63, 3.8) is 0 Å². The van der Waals surface area contributed by atoms with Crippen LogP contribution in [0.15, 0.2) is 47.3 Å². The van der Waals surface area contributed by atoms with Gasteiger partial charge in [-0.2, -0.15) is 0 Å². The summed E-state index contributed by atoms with van der Waals surface area (Å²) in [5, 5.41) is 3.74. The molecule has 0 aliphatic carbocycles. The van der Waals surface area contributed by atoms with Gasteiger partial charge in [0.1, 0.15) is 5.69 Å². The van der Waals surface area contributed by atoms with Crippen LogP contribution in [0.1, 0.15) is 27.3 Å². The highest BCUT2D eigenvalue weighted by Crippen LogP contribution is 2.12. The zero-order valence-corrected chi connectivity index (χ0v) is 13.0. The van der Waals surface area contributed by atoms with Crippen LogP contribution in [0.3, 0.4) is 0 Å². The number of hydrogen-bond acceptors (Lipinski definition) is 3. The van der Waals surface area contributed by atoms with Gasteiger partial charge >= 0.3 is 0 Å². The average Bonchev–Trinajstić information content (AvgIpc) is 2.53. The van der Waals surface area contributed by atoms with Gasteiger partial charge in [0.15, 0.2) is 0 Å². The molecule has 0 bridgehead atoms. The zero-order valence-electron chi connectivity index (χ0n) is 13.0. The Labute approximate surface area is 133 Å². The summed E-state index contributed by atoms with van der Waals surface area (Å²) < 4.78 is 0. The first-order chi connectivity index (χ1) is 11.0. The number of aryl methyl sites for hydroxylation is 2. The van der Waals surface area contributed by atoms with Gasteiger partial charge in [-0.05, 0) is 37.6 Å². The van der Waals surface area contributed by atoms with Crippen LogP contribution < -0.4 is 10.9 Å². The van der Waals surface area contributed by atoms with Gasteiger partial charge in [-0.15, -0.1) is 0 Å². The topological polar surface area (TPSA) is 74.8 Å². The lowest BCUT2D eigenvalue weighted by atomic mass is 10.1. The fourth-order valence-electron chi connectivity index (χ4n) is 2.55. The van der Waals surface area contributed by atoms with Crippen molar-refractivity contribution in [1.82, 2.24) is 15.3 Å². The minimum atomic E-state index is -0.296. The van der Waals surface area contributed by atoms with Gasteiger partial charge in [-0.1, -0.05) is 24.3 Å². The van der Waals surface area contributed by atoms with Crippen LogP contribution in [0.2, 0.25) is 0 Å². The fraction of sp³-hybridized carbons (Fsp3) is 0.167. The summed E-state index contributed by atoms with van der Waals surface area (Å²) in [6.45, 7) is 3.86. The molecule has 0 aliphatic rings. The highest BCUT2D eigenvalue weighted by atomic mass is 16.2. The Morgan fingerprint density at radius 1 is 1.17 bits per heavy atom. The van der Waals surface area contributed by atoms with E-state index >= 15 is 0 Å². The van der Waals surface area contributed by atoms with Crippen LogP contribution in [0.25, 0.3) is 10.9 Å². The van der Waals surface area contributed by atoms with Crippen molar-refractivity contribution < 1.29 is 4.79 Å². The number of para-hydroxylation sites is 1. The number of carbonyl (C=O) groups excluding carboxylic acids is 1. The van der Waals surface area contributed by atoms with Crippen molar-refractivity contribution in [2.75, 3.05) is 0 Å². The predicted molar refractivity (Wildman–Crippen MR) is 89.4 cm³/mol. The molecule has 5 heteroatoms. The highest BCUT2D eigenvalue weighted by molar-refractivity contribution is 5.94. The number of nitrogens with one attached hydrogen (secondary N) is 2. The van der Waals surface area contributed by atoms with E-state index in [1.54, 1.807) is 6.07 Å². The number of carbonyl (C=O) groups is 1. The van der Waals surface area contributed by atoms with Crippen molar-refractivity contribution in [2.24, 2.45) is 0 Å². The molecule has 0 atom stereocenters. The van der Waals surface area contributed by atoms with Crippen LogP contribution in [-0.2, 0) is 6.54 Å². The fourth-order valence-corrected chi connectivity index (χ4v) is 2.55. The quantitative estimate of drug-likeness (QED) is 0.780. The van der Waals surface area contributed by atoms with E-state index in [-0.39, 0.29) is 18.0 Å². The molecule has 3 aromatic rings. The minimum absolute atomic E-state index is 0.172. The lowest BCUT2D eigenvalue weighted by Crippen LogP contribution is -2.28. The first kappa shape index (κ1) is 15.0. The standard InChI is InChI=1S/C18H17N3O2/c1-11-9-12(2)20-17(22)14(11)10-19-18(23)16-8-7-13-5-3-4-6-15(13)21-16/h3-9H,10H2,1-2H3,(H,19,23)(H,20,22). The molecule has 0 unspecified atom stereocenters. The molecule has 116 valence electrons. The molecular weight excluding hydrogens is 290 g/mol. The second-order valence-corrected chi connectivity index (χ2v) is 5.51. The molecule has 23 heavy (non-hydrogen) atoms. The summed E-state index contributed by atoms with van der Waals surface area (Å²) in [6, 6.07) is 13.0. The SMILES string of the molecule is Cc1cc(C)c(CNC(=O)c2ccc3ccccc3n2)c(=O)[nH]1. The van der Waals surface area contributed by atoms with Crippen LogP contribution in [-0.4, -0.2) is 15.9 Å². The van der Waals surface area contributed by atoms with Crippen molar-refractivity contribution >= 4 is 16.8 Å². The van der Waals surface area contributed by atoms with Crippen LogP contribution >= 0.6 is 0 Å². The maximum absolute atomic E-state index is 12.3. The summed E-state index contributed by atoms with van der Waals surface area (Å²) in [5.74, 6) is -0.296. The third-order valence-electron chi connectivity index (χ3n) is 3.75. The van der Waals surface area contributed by atoms with E-state index in [9.17, 15) is 9.59 Å². The van der Waals surface area contributed by atoms with Crippen molar-refractivity contribution in [3.05, 3.63) is 75.3 Å². The van der Waals surface area contributed by atoms with Crippen molar-refractivity contribution in [2.45, 2.75) is 20.4 Å². The molecule has 0 fully saturated rings. The molecule has 3 rings (SSSR count). The molecule has 0 radical (unpaired) electrons. The van der Waals surface area contributed by atoms with Gasteiger partial charge in [0.25, 0.3) is 11.5 Å². The molecule has 5 nitrogen and oxygen atoms in total. The summed E-state index contributed by atoms with van der Waals surface area (Å²) in [5.41, 5.74) is 3.16. The maximum Gasteiger partial charge on any atom is 0.270 e. The summed E-state index contributed by atoms with van der Waals surface area (Å²) in [7, 11) is 0.